The average Bonchev–Trinajstić information content (AvgIpc) is 2.30. The van der Waals surface area contributed by atoms with Gasteiger partial charge in [0.25, 0.3) is 0 Å². The molecule has 1 rings (SSSR count). The largest absolute Gasteiger partial charge is 0.478 e. The molecule has 0 aliphatic heterocycles. The lowest BCUT2D eigenvalue weighted by Gasteiger charge is -2.10. The zero-order valence-electron chi connectivity index (χ0n) is 10.3. The van der Waals surface area contributed by atoms with Crippen molar-refractivity contribution in [2.24, 2.45) is 0 Å². The number of carbonyl (C=O) groups is 1. The number of aryl methyl sites for hydroxylation is 1. The molecule has 0 radical (unpaired) electrons. The van der Waals surface area contributed by atoms with Crippen molar-refractivity contribution in [1.29, 1.82) is 0 Å². The molecule has 0 aliphatic carbocycles. The zero-order chi connectivity index (χ0) is 12.7. The third kappa shape index (κ3) is 4.69. The predicted molar refractivity (Wildman–Crippen MR) is 74.2 cm³/mol. The van der Waals surface area contributed by atoms with E-state index < -0.39 is 5.97 Å². The standard InChI is InChI=1S/C13H19NO2S/c1-10-5-6-12(11(9-10)13(15)16)14-7-3-4-8-17-2/h5-6,9,14H,3-4,7-8H2,1-2H3,(H,15,16). The van der Waals surface area contributed by atoms with E-state index in [0.717, 1.165) is 30.7 Å². The molecule has 0 saturated carbocycles. The van der Waals surface area contributed by atoms with E-state index in [1.807, 2.05) is 30.8 Å². The van der Waals surface area contributed by atoms with Crippen LogP contribution in [0.25, 0.3) is 0 Å². The van der Waals surface area contributed by atoms with Crippen LogP contribution in [0.5, 0.6) is 0 Å². The minimum Gasteiger partial charge on any atom is -0.478 e. The van der Waals surface area contributed by atoms with Gasteiger partial charge >= 0.3 is 5.97 Å². The maximum atomic E-state index is 11.1. The Balaban J connectivity index is 2.55. The molecule has 2 N–H and O–H groups in total. The summed E-state index contributed by atoms with van der Waals surface area (Å²) in [6, 6.07) is 5.47. The van der Waals surface area contributed by atoms with E-state index in [0.29, 0.717) is 11.3 Å². The molecule has 0 bridgehead atoms. The highest BCUT2D eigenvalue weighted by Gasteiger charge is 2.09. The summed E-state index contributed by atoms with van der Waals surface area (Å²) in [7, 11) is 0. The number of carboxylic acid groups (broad SMARTS) is 1. The number of thioether (sulfide) groups is 1. The molecule has 0 amide bonds. The van der Waals surface area contributed by atoms with Gasteiger partial charge in [-0.25, -0.2) is 4.79 Å². The average molecular weight is 253 g/mol. The number of anilines is 1. The zero-order valence-corrected chi connectivity index (χ0v) is 11.1. The van der Waals surface area contributed by atoms with Gasteiger partial charge in [0.05, 0.1) is 5.56 Å². The van der Waals surface area contributed by atoms with E-state index in [1.165, 1.54) is 0 Å². The topological polar surface area (TPSA) is 49.3 Å². The van der Waals surface area contributed by atoms with E-state index >= 15 is 0 Å². The Morgan fingerprint density at radius 1 is 1.41 bits per heavy atom. The van der Waals surface area contributed by atoms with Crippen LogP contribution in [0.3, 0.4) is 0 Å². The summed E-state index contributed by atoms with van der Waals surface area (Å²) in [6.07, 6.45) is 4.31. The first-order valence-electron chi connectivity index (χ1n) is 5.72. The normalized spacial score (nSPS) is 10.2. The van der Waals surface area contributed by atoms with Gasteiger partial charge < -0.3 is 10.4 Å². The van der Waals surface area contributed by atoms with Crippen LogP contribution >= 0.6 is 11.8 Å². The smallest absolute Gasteiger partial charge is 0.337 e. The van der Waals surface area contributed by atoms with E-state index in [-0.39, 0.29) is 0 Å². The summed E-state index contributed by atoms with van der Waals surface area (Å²) in [5, 5.41) is 12.3. The second kappa shape index (κ2) is 7.22. The van der Waals surface area contributed by atoms with Crippen molar-refractivity contribution in [1.82, 2.24) is 0 Å². The quantitative estimate of drug-likeness (QED) is 0.732. The Hall–Kier alpha value is -1.16. The second-order valence-electron chi connectivity index (χ2n) is 3.98. The van der Waals surface area contributed by atoms with Gasteiger partial charge in [-0.1, -0.05) is 11.6 Å². The number of benzene rings is 1. The van der Waals surface area contributed by atoms with Crippen LogP contribution < -0.4 is 5.32 Å². The van der Waals surface area contributed by atoms with Gasteiger partial charge in [-0.05, 0) is 43.9 Å². The Labute approximate surface area is 107 Å². The molecule has 0 saturated heterocycles. The fourth-order valence-corrected chi connectivity index (χ4v) is 2.08. The summed E-state index contributed by atoms with van der Waals surface area (Å²) in [6.45, 7) is 2.72. The van der Waals surface area contributed by atoms with Crippen molar-refractivity contribution in [2.45, 2.75) is 19.8 Å². The van der Waals surface area contributed by atoms with E-state index in [2.05, 4.69) is 11.6 Å². The summed E-state index contributed by atoms with van der Waals surface area (Å²) in [4.78, 5) is 11.1. The van der Waals surface area contributed by atoms with Crippen LogP contribution in [0.4, 0.5) is 5.69 Å². The number of unbranched alkanes of at least 4 members (excludes halogenated alkanes) is 1. The van der Waals surface area contributed by atoms with E-state index in [1.54, 1.807) is 6.07 Å². The highest BCUT2D eigenvalue weighted by molar-refractivity contribution is 7.98. The van der Waals surface area contributed by atoms with Crippen LogP contribution in [-0.4, -0.2) is 29.6 Å². The van der Waals surface area contributed by atoms with Crippen LogP contribution in [0, 0.1) is 6.92 Å². The van der Waals surface area contributed by atoms with E-state index in [4.69, 9.17) is 5.11 Å². The minimum absolute atomic E-state index is 0.356. The number of rotatable bonds is 7. The lowest BCUT2D eigenvalue weighted by Crippen LogP contribution is -2.08. The Kier molecular flexibility index (Phi) is 5.91. The maximum Gasteiger partial charge on any atom is 0.337 e. The van der Waals surface area contributed by atoms with Gasteiger partial charge in [0.1, 0.15) is 0 Å². The summed E-state index contributed by atoms with van der Waals surface area (Å²) >= 11 is 1.84. The van der Waals surface area contributed by atoms with Crippen molar-refractivity contribution in [3.05, 3.63) is 29.3 Å². The third-order valence-electron chi connectivity index (χ3n) is 2.50. The number of aromatic carboxylic acids is 1. The number of nitrogens with one attached hydrogen (secondary N) is 1. The van der Waals surface area contributed by atoms with E-state index in [9.17, 15) is 4.79 Å². The molecule has 0 unspecified atom stereocenters. The molecule has 3 nitrogen and oxygen atoms in total. The van der Waals surface area contributed by atoms with Crippen molar-refractivity contribution in [3.8, 4) is 0 Å². The predicted octanol–water partition coefficient (Wildman–Crippen LogP) is 3.25. The highest BCUT2D eigenvalue weighted by Crippen LogP contribution is 2.17. The third-order valence-corrected chi connectivity index (χ3v) is 3.19. The van der Waals surface area contributed by atoms with Crippen LogP contribution in [0.2, 0.25) is 0 Å². The molecule has 1 aromatic rings. The minimum atomic E-state index is -0.875. The fraction of sp³-hybridized carbons (Fsp3) is 0.462. The van der Waals surface area contributed by atoms with Gasteiger partial charge in [0.15, 0.2) is 0 Å². The molecule has 0 aromatic heterocycles. The summed E-state index contributed by atoms with van der Waals surface area (Å²) in [5.41, 5.74) is 2.04. The maximum absolute atomic E-state index is 11.1. The van der Waals surface area contributed by atoms with Gasteiger partial charge in [0.2, 0.25) is 0 Å². The molecule has 0 spiro atoms. The fourth-order valence-electron chi connectivity index (χ4n) is 1.58. The summed E-state index contributed by atoms with van der Waals surface area (Å²) < 4.78 is 0. The molecular weight excluding hydrogens is 234 g/mol. The number of hydrogen-bond donors (Lipinski definition) is 2. The molecule has 0 atom stereocenters. The molecule has 4 heteroatoms. The molecule has 0 heterocycles. The van der Waals surface area contributed by atoms with Crippen molar-refractivity contribution < 1.29 is 9.90 Å². The highest BCUT2D eigenvalue weighted by atomic mass is 32.2. The van der Waals surface area contributed by atoms with Crippen molar-refractivity contribution >= 4 is 23.4 Å². The lowest BCUT2D eigenvalue weighted by molar-refractivity contribution is 0.0698. The van der Waals surface area contributed by atoms with Crippen LogP contribution in [0.15, 0.2) is 18.2 Å². The summed E-state index contributed by atoms with van der Waals surface area (Å²) in [5.74, 6) is 0.279. The molecule has 0 fully saturated rings. The first-order valence-corrected chi connectivity index (χ1v) is 7.11. The van der Waals surface area contributed by atoms with Gasteiger partial charge in [-0.2, -0.15) is 11.8 Å². The Morgan fingerprint density at radius 3 is 2.82 bits per heavy atom. The van der Waals surface area contributed by atoms with Gasteiger partial charge in [0, 0.05) is 12.2 Å². The van der Waals surface area contributed by atoms with Gasteiger partial charge in [-0.15, -0.1) is 0 Å². The Bertz CT molecular complexity index is 380. The van der Waals surface area contributed by atoms with Crippen LogP contribution in [-0.2, 0) is 0 Å². The van der Waals surface area contributed by atoms with Gasteiger partial charge in [-0.3, -0.25) is 0 Å². The number of carboxylic acids is 1. The lowest BCUT2D eigenvalue weighted by atomic mass is 10.1. The first kappa shape index (κ1) is 13.9. The molecule has 1 aromatic carbocycles. The molecule has 0 aliphatic rings. The first-order chi connectivity index (χ1) is 8.15. The SMILES string of the molecule is CSCCCCNc1ccc(C)cc1C(=O)O. The van der Waals surface area contributed by atoms with Crippen LogP contribution in [0.1, 0.15) is 28.8 Å². The second-order valence-corrected chi connectivity index (χ2v) is 4.97. The molecular formula is C13H19NO2S. The molecule has 94 valence electrons. The molecule has 17 heavy (non-hydrogen) atoms. The Morgan fingerprint density at radius 2 is 2.18 bits per heavy atom. The number of hydrogen-bond acceptors (Lipinski definition) is 3. The monoisotopic (exact) mass is 253 g/mol. The van der Waals surface area contributed by atoms with Crippen molar-refractivity contribution in [2.75, 3.05) is 23.9 Å². The van der Waals surface area contributed by atoms with Crippen molar-refractivity contribution in [3.63, 3.8) is 0 Å².